The van der Waals surface area contributed by atoms with E-state index in [-0.39, 0.29) is 6.15 Å². The number of aryl methyl sites for hydroxylation is 2. The highest BCUT2D eigenvalue weighted by molar-refractivity contribution is 9.10. The van der Waals surface area contributed by atoms with Crippen LogP contribution in [0.3, 0.4) is 0 Å². The zero-order valence-corrected chi connectivity index (χ0v) is 14.1. The first-order valence-electron chi connectivity index (χ1n) is 6.74. The molecule has 0 spiro atoms. The van der Waals surface area contributed by atoms with Gasteiger partial charge in [-0.2, -0.15) is 14.7 Å². The standard InChI is InChI=1S/C15H19BrN2.CO2/c1-11-4-7-14(8-5-11)9-6-12(2)18-13(3)15(16)10-17-18;2-1-3/h4-5,7-8,10,12H,6,9H2,1-3H3;/t12-;/m0./s1. The molecule has 0 saturated heterocycles. The lowest BCUT2D eigenvalue weighted by Gasteiger charge is -2.14. The number of halogens is 1. The molecule has 21 heavy (non-hydrogen) atoms. The summed E-state index contributed by atoms with van der Waals surface area (Å²) in [6, 6.07) is 9.21. The summed E-state index contributed by atoms with van der Waals surface area (Å²) in [5.74, 6) is 0. The van der Waals surface area contributed by atoms with Gasteiger partial charge in [0.25, 0.3) is 0 Å². The first-order chi connectivity index (χ1) is 9.99. The van der Waals surface area contributed by atoms with Crippen molar-refractivity contribution in [2.45, 2.75) is 39.7 Å². The molecular weight excluding hydrogens is 332 g/mol. The van der Waals surface area contributed by atoms with Gasteiger partial charge >= 0.3 is 6.15 Å². The van der Waals surface area contributed by atoms with Crippen LogP contribution in [0.5, 0.6) is 0 Å². The predicted molar refractivity (Wildman–Crippen MR) is 83.9 cm³/mol. The Labute approximate surface area is 133 Å². The van der Waals surface area contributed by atoms with Crippen molar-refractivity contribution in [3.05, 3.63) is 51.8 Å². The van der Waals surface area contributed by atoms with Crippen LogP contribution in [0.1, 0.15) is 36.2 Å². The highest BCUT2D eigenvalue weighted by Gasteiger charge is 2.10. The number of benzene rings is 1. The molecule has 0 aliphatic carbocycles. The van der Waals surface area contributed by atoms with Gasteiger partial charge in [0, 0.05) is 11.7 Å². The van der Waals surface area contributed by atoms with Crippen molar-refractivity contribution in [2.75, 3.05) is 0 Å². The number of rotatable bonds is 4. The summed E-state index contributed by atoms with van der Waals surface area (Å²) in [6.07, 6.45) is 4.33. The van der Waals surface area contributed by atoms with Crippen LogP contribution < -0.4 is 0 Å². The lowest BCUT2D eigenvalue weighted by Crippen LogP contribution is -2.09. The molecule has 0 bridgehead atoms. The van der Waals surface area contributed by atoms with E-state index in [0.29, 0.717) is 6.04 Å². The Balaban J connectivity index is 0.000000677. The molecule has 0 unspecified atom stereocenters. The van der Waals surface area contributed by atoms with Crippen molar-refractivity contribution in [2.24, 2.45) is 0 Å². The van der Waals surface area contributed by atoms with E-state index in [2.05, 4.69) is 70.7 Å². The lowest BCUT2D eigenvalue weighted by atomic mass is 10.0. The molecule has 1 atom stereocenters. The van der Waals surface area contributed by atoms with Crippen LogP contribution in [-0.2, 0) is 16.0 Å². The van der Waals surface area contributed by atoms with E-state index >= 15 is 0 Å². The summed E-state index contributed by atoms with van der Waals surface area (Å²) in [5, 5.41) is 4.41. The number of carbonyl (C=O) groups excluding carboxylic acids is 2. The van der Waals surface area contributed by atoms with E-state index < -0.39 is 0 Å². The van der Waals surface area contributed by atoms with Crippen LogP contribution in [0.25, 0.3) is 0 Å². The molecule has 0 N–H and O–H groups in total. The van der Waals surface area contributed by atoms with Crippen molar-refractivity contribution in [3.8, 4) is 0 Å². The number of hydrogen-bond donors (Lipinski definition) is 0. The van der Waals surface area contributed by atoms with Gasteiger partial charge in [0.05, 0.1) is 10.7 Å². The maximum absolute atomic E-state index is 8.12. The molecular formula is C16H19BrN2O2. The Morgan fingerprint density at radius 2 is 1.81 bits per heavy atom. The molecule has 5 heteroatoms. The number of aromatic nitrogens is 2. The molecule has 0 radical (unpaired) electrons. The average Bonchev–Trinajstić information content (AvgIpc) is 2.79. The summed E-state index contributed by atoms with van der Waals surface area (Å²) < 4.78 is 3.18. The molecule has 0 saturated carbocycles. The van der Waals surface area contributed by atoms with Gasteiger partial charge in [-0.1, -0.05) is 29.8 Å². The minimum absolute atomic E-state index is 0.250. The Hall–Kier alpha value is -1.71. The molecule has 2 rings (SSSR count). The third-order valence-electron chi connectivity index (χ3n) is 3.37. The molecule has 1 aromatic heterocycles. The highest BCUT2D eigenvalue weighted by Crippen LogP contribution is 2.21. The first-order valence-corrected chi connectivity index (χ1v) is 7.53. The van der Waals surface area contributed by atoms with Crippen molar-refractivity contribution >= 4 is 22.1 Å². The van der Waals surface area contributed by atoms with Crippen molar-refractivity contribution in [3.63, 3.8) is 0 Å². The molecule has 2 aromatic rings. The summed E-state index contributed by atoms with van der Waals surface area (Å²) >= 11 is 3.51. The van der Waals surface area contributed by atoms with Gasteiger partial charge in [-0.25, -0.2) is 0 Å². The van der Waals surface area contributed by atoms with E-state index in [1.807, 2.05) is 6.20 Å². The molecule has 1 heterocycles. The van der Waals surface area contributed by atoms with E-state index in [0.717, 1.165) is 17.3 Å². The molecule has 0 aliphatic heterocycles. The van der Waals surface area contributed by atoms with Gasteiger partial charge in [-0.3, -0.25) is 4.68 Å². The minimum atomic E-state index is 0.250. The van der Waals surface area contributed by atoms with E-state index in [1.54, 1.807) is 0 Å². The van der Waals surface area contributed by atoms with Crippen LogP contribution in [0, 0.1) is 13.8 Å². The monoisotopic (exact) mass is 350 g/mol. The second kappa shape index (κ2) is 8.55. The average molecular weight is 351 g/mol. The predicted octanol–water partition coefficient (Wildman–Crippen LogP) is 3.87. The summed E-state index contributed by atoms with van der Waals surface area (Å²) in [6.45, 7) is 6.44. The maximum Gasteiger partial charge on any atom is 0.373 e. The zero-order valence-electron chi connectivity index (χ0n) is 12.5. The Morgan fingerprint density at radius 3 is 2.29 bits per heavy atom. The molecule has 4 nitrogen and oxygen atoms in total. The van der Waals surface area contributed by atoms with Gasteiger partial charge in [-0.05, 0) is 55.1 Å². The molecule has 0 fully saturated rings. The van der Waals surface area contributed by atoms with Crippen LogP contribution in [-0.4, -0.2) is 15.9 Å². The van der Waals surface area contributed by atoms with Gasteiger partial charge in [-0.15, -0.1) is 0 Å². The normalized spacial score (nSPS) is 11.2. The second-order valence-corrected chi connectivity index (χ2v) is 5.83. The van der Waals surface area contributed by atoms with Crippen molar-refractivity contribution in [1.29, 1.82) is 0 Å². The van der Waals surface area contributed by atoms with Gasteiger partial charge in [0.15, 0.2) is 0 Å². The summed E-state index contributed by atoms with van der Waals surface area (Å²) in [7, 11) is 0. The summed E-state index contributed by atoms with van der Waals surface area (Å²) in [4.78, 5) is 16.2. The van der Waals surface area contributed by atoms with Crippen molar-refractivity contribution in [1.82, 2.24) is 9.78 Å². The quantitative estimate of drug-likeness (QED) is 0.840. The lowest BCUT2D eigenvalue weighted by molar-refractivity contribution is -0.191. The molecule has 1 aromatic carbocycles. The van der Waals surface area contributed by atoms with Gasteiger partial charge < -0.3 is 0 Å². The topological polar surface area (TPSA) is 52.0 Å². The largest absolute Gasteiger partial charge is 0.373 e. The Bertz CT molecular complexity index is 599. The second-order valence-electron chi connectivity index (χ2n) is 4.98. The van der Waals surface area contributed by atoms with Gasteiger partial charge in [0.1, 0.15) is 0 Å². The van der Waals surface area contributed by atoms with Crippen LogP contribution in [0.2, 0.25) is 0 Å². The van der Waals surface area contributed by atoms with E-state index in [9.17, 15) is 0 Å². The molecule has 0 aliphatic rings. The SMILES string of the molecule is Cc1ccc(CC[C@H](C)n2ncc(Br)c2C)cc1.O=C=O. The molecule has 112 valence electrons. The fourth-order valence-corrected chi connectivity index (χ4v) is 2.37. The maximum atomic E-state index is 8.12. The fourth-order valence-electron chi connectivity index (χ4n) is 2.10. The minimum Gasteiger partial charge on any atom is -0.266 e. The highest BCUT2D eigenvalue weighted by atomic mass is 79.9. The third-order valence-corrected chi connectivity index (χ3v) is 4.15. The molecule has 0 amide bonds. The zero-order chi connectivity index (χ0) is 15.8. The van der Waals surface area contributed by atoms with Crippen LogP contribution in [0.15, 0.2) is 34.9 Å². The third kappa shape index (κ3) is 5.29. The number of hydrogen-bond acceptors (Lipinski definition) is 3. The van der Waals surface area contributed by atoms with Crippen LogP contribution >= 0.6 is 15.9 Å². The Morgan fingerprint density at radius 1 is 1.24 bits per heavy atom. The van der Waals surface area contributed by atoms with Crippen LogP contribution in [0.4, 0.5) is 0 Å². The first kappa shape index (κ1) is 17.3. The van der Waals surface area contributed by atoms with E-state index in [4.69, 9.17) is 9.59 Å². The Kier molecular flexibility index (Phi) is 7.06. The van der Waals surface area contributed by atoms with E-state index in [1.165, 1.54) is 16.8 Å². The van der Waals surface area contributed by atoms with Crippen molar-refractivity contribution < 1.29 is 9.59 Å². The van der Waals surface area contributed by atoms with Gasteiger partial charge in [0.2, 0.25) is 0 Å². The number of nitrogens with zero attached hydrogens (tertiary/aromatic N) is 2. The smallest absolute Gasteiger partial charge is 0.266 e. The fraction of sp³-hybridized carbons (Fsp3) is 0.375. The summed E-state index contributed by atoms with van der Waals surface area (Å²) in [5.41, 5.74) is 3.92.